The number of ether oxygens (including phenoxy) is 2. The Balaban J connectivity index is 1.90. The van der Waals surface area contributed by atoms with Gasteiger partial charge < -0.3 is 14.3 Å². The fraction of sp³-hybridized carbons (Fsp3) is 0.190. The van der Waals surface area contributed by atoms with E-state index >= 15 is 0 Å². The number of carbonyl (C=O) groups is 1. The first-order valence-electron chi connectivity index (χ1n) is 8.29. The molecule has 132 valence electrons. The van der Waals surface area contributed by atoms with E-state index in [0.29, 0.717) is 12.8 Å². The highest BCUT2D eigenvalue weighted by Crippen LogP contribution is 2.28. The lowest BCUT2D eigenvalue weighted by atomic mass is 10.0. The number of hydrogen-bond donors (Lipinski definition) is 0. The van der Waals surface area contributed by atoms with Gasteiger partial charge in [0.25, 0.3) is 0 Å². The van der Waals surface area contributed by atoms with Gasteiger partial charge in [0.2, 0.25) is 0 Å². The summed E-state index contributed by atoms with van der Waals surface area (Å²) in [4.78, 5) is 19.6. The summed E-state index contributed by atoms with van der Waals surface area (Å²) in [6, 6.07) is 15.6. The topological polar surface area (TPSA) is 61.3 Å². The SMILES string of the molecule is COc1ccc(Cc2cc(-c3ccccc3OC)ncn2)cc1CC=O. The van der Waals surface area contributed by atoms with Crippen molar-refractivity contribution in [3.63, 3.8) is 0 Å². The molecule has 5 heteroatoms. The Labute approximate surface area is 152 Å². The first-order chi connectivity index (χ1) is 12.7. The summed E-state index contributed by atoms with van der Waals surface area (Å²) < 4.78 is 10.7. The van der Waals surface area contributed by atoms with Crippen LogP contribution in [0.15, 0.2) is 54.9 Å². The Hall–Kier alpha value is -3.21. The van der Waals surface area contributed by atoms with E-state index in [1.165, 1.54) is 0 Å². The van der Waals surface area contributed by atoms with Crippen molar-refractivity contribution in [3.8, 4) is 22.8 Å². The third-order valence-electron chi connectivity index (χ3n) is 4.14. The van der Waals surface area contributed by atoms with Crippen molar-refractivity contribution in [2.24, 2.45) is 0 Å². The smallest absolute Gasteiger partial charge is 0.128 e. The van der Waals surface area contributed by atoms with Gasteiger partial charge in [0.05, 0.1) is 19.9 Å². The molecule has 0 unspecified atom stereocenters. The Morgan fingerprint density at radius 2 is 1.77 bits per heavy atom. The largest absolute Gasteiger partial charge is 0.496 e. The van der Waals surface area contributed by atoms with Crippen molar-refractivity contribution in [2.75, 3.05) is 14.2 Å². The van der Waals surface area contributed by atoms with Gasteiger partial charge in [-0.05, 0) is 29.8 Å². The summed E-state index contributed by atoms with van der Waals surface area (Å²) in [6.45, 7) is 0. The van der Waals surface area contributed by atoms with Gasteiger partial charge in [0, 0.05) is 29.7 Å². The molecule has 1 heterocycles. The molecule has 0 amide bonds. The molecule has 0 atom stereocenters. The van der Waals surface area contributed by atoms with E-state index in [-0.39, 0.29) is 0 Å². The van der Waals surface area contributed by atoms with Crippen LogP contribution in [0.5, 0.6) is 11.5 Å². The number of benzene rings is 2. The zero-order chi connectivity index (χ0) is 18.4. The molecule has 5 nitrogen and oxygen atoms in total. The molecule has 3 aromatic rings. The molecule has 0 aliphatic rings. The maximum atomic E-state index is 10.9. The number of aldehydes is 1. The van der Waals surface area contributed by atoms with Gasteiger partial charge in [-0.1, -0.05) is 24.3 Å². The molecule has 0 spiro atoms. The molecule has 0 N–H and O–H groups in total. The molecule has 0 bridgehead atoms. The minimum Gasteiger partial charge on any atom is -0.496 e. The summed E-state index contributed by atoms with van der Waals surface area (Å²) in [6.07, 6.45) is 3.41. The highest BCUT2D eigenvalue weighted by Gasteiger charge is 2.09. The maximum absolute atomic E-state index is 10.9. The number of nitrogens with zero attached hydrogens (tertiary/aromatic N) is 2. The Morgan fingerprint density at radius 1 is 0.962 bits per heavy atom. The summed E-state index contributed by atoms with van der Waals surface area (Å²) >= 11 is 0. The third-order valence-corrected chi connectivity index (χ3v) is 4.14. The lowest BCUT2D eigenvalue weighted by Crippen LogP contribution is -1.99. The number of para-hydroxylation sites is 1. The van der Waals surface area contributed by atoms with Gasteiger partial charge in [-0.25, -0.2) is 9.97 Å². The quantitative estimate of drug-likeness (QED) is 0.612. The van der Waals surface area contributed by atoms with Crippen molar-refractivity contribution < 1.29 is 14.3 Å². The molecule has 26 heavy (non-hydrogen) atoms. The highest BCUT2D eigenvalue weighted by atomic mass is 16.5. The van der Waals surface area contributed by atoms with Crippen molar-refractivity contribution >= 4 is 6.29 Å². The normalized spacial score (nSPS) is 10.4. The van der Waals surface area contributed by atoms with Crippen LogP contribution in [0.25, 0.3) is 11.3 Å². The van der Waals surface area contributed by atoms with Crippen LogP contribution in [0.4, 0.5) is 0 Å². The average molecular weight is 348 g/mol. The fourth-order valence-electron chi connectivity index (χ4n) is 2.90. The molecule has 0 radical (unpaired) electrons. The summed E-state index contributed by atoms with van der Waals surface area (Å²) in [5.74, 6) is 1.49. The van der Waals surface area contributed by atoms with Gasteiger partial charge in [0.1, 0.15) is 24.1 Å². The van der Waals surface area contributed by atoms with Gasteiger partial charge >= 0.3 is 0 Å². The monoisotopic (exact) mass is 348 g/mol. The number of methoxy groups -OCH3 is 2. The Morgan fingerprint density at radius 3 is 2.54 bits per heavy atom. The molecule has 2 aromatic carbocycles. The van der Waals surface area contributed by atoms with Crippen LogP contribution in [-0.4, -0.2) is 30.5 Å². The first kappa shape index (κ1) is 17.6. The summed E-state index contributed by atoms with van der Waals surface area (Å²) in [5.41, 5.74) is 4.57. The standard InChI is InChI=1S/C21H20N2O3/c1-25-20-8-7-15(11-16(20)9-10-24)12-17-13-19(23-14-22-17)18-5-3-4-6-21(18)26-2/h3-8,10-11,13-14H,9,12H2,1-2H3. The van der Waals surface area contributed by atoms with Crippen molar-refractivity contribution in [2.45, 2.75) is 12.8 Å². The van der Waals surface area contributed by atoms with Crippen molar-refractivity contribution in [3.05, 3.63) is 71.7 Å². The van der Waals surface area contributed by atoms with E-state index < -0.39 is 0 Å². The first-order valence-corrected chi connectivity index (χ1v) is 8.29. The van der Waals surface area contributed by atoms with Gasteiger partial charge in [0.15, 0.2) is 0 Å². The van der Waals surface area contributed by atoms with E-state index in [4.69, 9.17) is 9.47 Å². The van der Waals surface area contributed by atoms with Crippen molar-refractivity contribution in [1.82, 2.24) is 9.97 Å². The van der Waals surface area contributed by atoms with Crippen LogP contribution in [-0.2, 0) is 17.6 Å². The molecule has 0 saturated heterocycles. The van der Waals surface area contributed by atoms with E-state index in [2.05, 4.69) is 9.97 Å². The minimum atomic E-state index is 0.327. The summed E-state index contributed by atoms with van der Waals surface area (Å²) in [5, 5.41) is 0. The molecular weight excluding hydrogens is 328 g/mol. The lowest BCUT2D eigenvalue weighted by Gasteiger charge is -2.10. The minimum absolute atomic E-state index is 0.327. The zero-order valence-electron chi connectivity index (χ0n) is 14.8. The second-order valence-electron chi connectivity index (χ2n) is 5.79. The van der Waals surface area contributed by atoms with Gasteiger partial charge in [-0.3, -0.25) is 0 Å². The van der Waals surface area contributed by atoms with Crippen LogP contribution in [0, 0.1) is 0 Å². The number of rotatable bonds is 7. The Kier molecular flexibility index (Phi) is 5.59. The van der Waals surface area contributed by atoms with Crippen LogP contribution in [0.2, 0.25) is 0 Å². The molecular formula is C21H20N2O3. The Bertz CT molecular complexity index is 909. The summed E-state index contributed by atoms with van der Waals surface area (Å²) in [7, 11) is 3.25. The molecule has 3 rings (SSSR count). The van der Waals surface area contributed by atoms with E-state index in [9.17, 15) is 4.79 Å². The molecule has 1 aromatic heterocycles. The highest BCUT2D eigenvalue weighted by molar-refractivity contribution is 5.67. The van der Waals surface area contributed by atoms with Gasteiger partial charge in [-0.15, -0.1) is 0 Å². The molecule has 0 saturated carbocycles. The van der Waals surface area contributed by atoms with E-state index in [1.807, 2.05) is 48.5 Å². The second-order valence-corrected chi connectivity index (χ2v) is 5.79. The second kappa shape index (κ2) is 8.25. The van der Waals surface area contributed by atoms with Crippen LogP contribution >= 0.6 is 0 Å². The van der Waals surface area contributed by atoms with E-state index in [1.54, 1.807) is 20.5 Å². The lowest BCUT2D eigenvalue weighted by molar-refractivity contribution is -0.107. The zero-order valence-corrected chi connectivity index (χ0v) is 14.8. The predicted octanol–water partition coefficient (Wildman–Crippen LogP) is 3.49. The maximum Gasteiger partial charge on any atom is 0.128 e. The van der Waals surface area contributed by atoms with Crippen molar-refractivity contribution in [1.29, 1.82) is 0 Å². The number of hydrogen-bond acceptors (Lipinski definition) is 5. The van der Waals surface area contributed by atoms with Gasteiger partial charge in [-0.2, -0.15) is 0 Å². The molecule has 0 aliphatic heterocycles. The predicted molar refractivity (Wildman–Crippen MR) is 99.6 cm³/mol. The molecule has 0 aliphatic carbocycles. The number of aromatic nitrogens is 2. The third kappa shape index (κ3) is 3.88. The average Bonchev–Trinajstić information content (AvgIpc) is 2.69. The number of carbonyl (C=O) groups excluding carboxylic acids is 1. The van der Waals surface area contributed by atoms with Crippen LogP contribution < -0.4 is 9.47 Å². The van der Waals surface area contributed by atoms with E-state index in [0.717, 1.165) is 45.9 Å². The molecule has 0 fully saturated rings. The van der Waals surface area contributed by atoms with Crippen LogP contribution in [0.3, 0.4) is 0 Å². The fourth-order valence-corrected chi connectivity index (χ4v) is 2.90. The van der Waals surface area contributed by atoms with Crippen LogP contribution in [0.1, 0.15) is 16.8 Å².